The lowest BCUT2D eigenvalue weighted by atomic mass is 10.1. The Kier molecular flexibility index (Phi) is 4.19. The number of rotatable bonds is 4. The molecule has 0 fully saturated rings. The molecule has 2 heteroatoms. The Morgan fingerprint density at radius 1 is 1.38 bits per heavy atom. The molecule has 0 radical (unpaired) electrons. The molecule has 0 aromatic carbocycles. The molecule has 1 aromatic rings. The fourth-order valence-corrected chi connectivity index (χ4v) is 3.61. The van der Waals surface area contributed by atoms with Crippen molar-refractivity contribution in [3.05, 3.63) is 34.0 Å². The van der Waals surface area contributed by atoms with E-state index in [0.717, 1.165) is 12.8 Å². The number of hydrogen-bond acceptors (Lipinski definition) is 2. The topological polar surface area (TPSA) is 26.0 Å². The summed E-state index contributed by atoms with van der Waals surface area (Å²) in [7, 11) is 0. The van der Waals surface area contributed by atoms with Gasteiger partial charge in [-0.3, -0.25) is 0 Å². The summed E-state index contributed by atoms with van der Waals surface area (Å²) in [6.45, 7) is 3.75. The smallest absolute Gasteiger partial charge is 0.0392 e. The van der Waals surface area contributed by atoms with E-state index in [0.29, 0.717) is 0 Å². The van der Waals surface area contributed by atoms with Crippen molar-refractivity contribution in [1.29, 1.82) is 0 Å². The Hall–Kier alpha value is -0.600. The van der Waals surface area contributed by atoms with E-state index in [9.17, 15) is 0 Å². The highest BCUT2D eigenvalue weighted by atomic mass is 32.1. The molecule has 1 aliphatic carbocycles. The Balaban J connectivity index is 2.08. The normalized spacial score (nSPS) is 17.6. The minimum atomic E-state index is 0.218. The van der Waals surface area contributed by atoms with Crippen LogP contribution in [0, 0.1) is 0 Å². The van der Waals surface area contributed by atoms with Gasteiger partial charge in [0.25, 0.3) is 0 Å². The molecule has 0 saturated heterocycles. The van der Waals surface area contributed by atoms with Gasteiger partial charge in [-0.25, -0.2) is 0 Å². The molecule has 1 nitrogen and oxygen atoms in total. The van der Waals surface area contributed by atoms with Crippen LogP contribution in [-0.4, -0.2) is 0 Å². The zero-order valence-electron chi connectivity index (χ0n) is 9.87. The van der Waals surface area contributed by atoms with Gasteiger partial charge in [-0.05, 0) is 50.2 Å². The van der Waals surface area contributed by atoms with E-state index >= 15 is 0 Å². The average molecular weight is 235 g/mol. The quantitative estimate of drug-likeness (QED) is 0.620. The van der Waals surface area contributed by atoms with Crippen molar-refractivity contribution in [2.75, 3.05) is 0 Å². The Labute approximate surface area is 102 Å². The fourth-order valence-electron chi connectivity index (χ4n) is 2.31. The first-order valence-corrected chi connectivity index (χ1v) is 7.11. The molecule has 16 heavy (non-hydrogen) atoms. The summed E-state index contributed by atoms with van der Waals surface area (Å²) in [4.78, 5) is 2.98. The van der Waals surface area contributed by atoms with Crippen LogP contribution in [0.3, 0.4) is 0 Å². The van der Waals surface area contributed by atoms with Crippen LogP contribution in [0.4, 0.5) is 0 Å². The maximum atomic E-state index is 6.19. The number of fused-ring (bicyclic) bond motifs is 1. The second kappa shape index (κ2) is 5.65. The van der Waals surface area contributed by atoms with Crippen LogP contribution in [0.25, 0.3) is 0 Å². The fraction of sp³-hybridized carbons (Fsp3) is 0.571. The van der Waals surface area contributed by atoms with Gasteiger partial charge in [-0.15, -0.1) is 17.9 Å². The Morgan fingerprint density at radius 2 is 2.19 bits per heavy atom. The van der Waals surface area contributed by atoms with Gasteiger partial charge in [-0.1, -0.05) is 12.5 Å². The number of thiophene rings is 1. The highest BCUT2D eigenvalue weighted by Crippen LogP contribution is 2.32. The van der Waals surface area contributed by atoms with Gasteiger partial charge in [-0.2, -0.15) is 0 Å². The summed E-state index contributed by atoms with van der Waals surface area (Å²) in [6, 6.07) is 2.58. The predicted octanol–water partition coefficient (Wildman–Crippen LogP) is 3.98. The molecule has 1 atom stereocenters. The molecule has 0 saturated carbocycles. The number of aryl methyl sites for hydroxylation is 2. The summed E-state index contributed by atoms with van der Waals surface area (Å²) in [5.41, 5.74) is 7.77. The second-order valence-corrected chi connectivity index (χ2v) is 5.80. The van der Waals surface area contributed by atoms with E-state index in [-0.39, 0.29) is 6.04 Å². The van der Waals surface area contributed by atoms with Gasteiger partial charge in [0, 0.05) is 15.8 Å². The lowest BCUT2D eigenvalue weighted by molar-refractivity contribution is 0.671. The van der Waals surface area contributed by atoms with E-state index < -0.39 is 0 Å². The molecule has 0 amide bonds. The van der Waals surface area contributed by atoms with Gasteiger partial charge >= 0.3 is 0 Å². The number of allylic oxidation sites excluding steroid dienone is 1. The lowest BCUT2D eigenvalue weighted by Crippen LogP contribution is -2.07. The standard InChI is InChI=1S/C14H21NS/c1-2-3-8-12(15)14-10-11-7-5-4-6-9-13(11)16-14/h2,10,12H,1,3-9,15H2. The van der Waals surface area contributed by atoms with Crippen molar-refractivity contribution in [3.63, 3.8) is 0 Å². The molecule has 0 aliphatic heterocycles. The third-order valence-electron chi connectivity index (χ3n) is 3.31. The summed E-state index contributed by atoms with van der Waals surface area (Å²) < 4.78 is 0. The minimum Gasteiger partial charge on any atom is -0.323 e. The first-order chi connectivity index (χ1) is 7.81. The van der Waals surface area contributed by atoms with Crippen LogP contribution in [0.1, 0.15) is 53.5 Å². The van der Waals surface area contributed by atoms with Gasteiger partial charge in [0.1, 0.15) is 0 Å². The third-order valence-corrected chi connectivity index (χ3v) is 4.68. The molecular weight excluding hydrogens is 214 g/mol. The maximum Gasteiger partial charge on any atom is 0.0392 e. The van der Waals surface area contributed by atoms with E-state index in [2.05, 4.69) is 12.6 Å². The van der Waals surface area contributed by atoms with Gasteiger partial charge in [0.05, 0.1) is 0 Å². The average Bonchev–Trinajstić information content (AvgIpc) is 2.58. The molecule has 2 rings (SSSR count). The van der Waals surface area contributed by atoms with Crippen LogP contribution < -0.4 is 5.73 Å². The summed E-state index contributed by atoms with van der Waals surface area (Å²) >= 11 is 1.95. The van der Waals surface area contributed by atoms with Crippen molar-refractivity contribution in [2.45, 2.75) is 51.0 Å². The van der Waals surface area contributed by atoms with Crippen molar-refractivity contribution < 1.29 is 0 Å². The summed E-state index contributed by atoms with van der Waals surface area (Å²) in [6.07, 6.45) is 10.6. The zero-order chi connectivity index (χ0) is 11.4. The van der Waals surface area contributed by atoms with Crippen LogP contribution in [0.15, 0.2) is 18.7 Å². The molecule has 0 bridgehead atoms. The molecule has 0 spiro atoms. The SMILES string of the molecule is C=CCCC(N)c1cc2c(s1)CCCCC2. The molecule has 1 unspecified atom stereocenters. The molecule has 1 heterocycles. The molecule has 2 N–H and O–H groups in total. The van der Waals surface area contributed by atoms with Crippen molar-refractivity contribution in [1.82, 2.24) is 0 Å². The van der Waals surface area contributed by atoms with E-state index in [1.54, 1.807) is 10.4 Å². The van der Waals surface area contributed by atoms with Gasteiger partial charge in [0.15, 0.2) is 0 Å². The summed E-state index contributed by atoms with van der Waals surface area (Å²) in [5.74, 6) is 0. The van der Waals surface area contributed by atoms with Crippen LogP contribution in [0.5, 0.6) is 0 Å². The minimum absolute atomic E-state index is 0.218. The van der Waals surface area contributed by atoms with Crippen molar-refractivity contribution in [2.24, 2.45) is 5.73 Å². The van der Waals surface area contributed by atoms with Gasteiger partial charge in [0.2, 0.25) is 0 Å². The monoisotopic (exact) mass is 235 g/mol. The third kappa shape index (κ3) is 2.74. The largest absolute Gasteiger partial charge is 0.323 e. The van der Waals surface area contributed by atoms with Crippen LogP contribution in [0.2, 0.25) is 0 Å². The first-order valence-electron chi connectivity index (χ1n) is 6.29. The summed E-state index contributed by atoms with van der Waals surface area (Å²) in [5, 5.41) is 0. The molecule has 1 aliphatic rings. The van der Waals surface area contributed by atoms with Crippen molar-refractivity contribution >= 4 is 11.3 Å². The van der Waals surface area contributed by atoms with Crippen molar-refractivity contribution in [3.8, 4) is 0 Å². The maximum absolute atomic E-state index is 6.19. The van der Waals surface area contributed by atoms with Crippen LogP contribution >= 0.6 is 11.3 Å². The predicted molar refractivity (Wildman–Crippen MR) is 71.9 cm³/mol. The molecular formula is C14H21NS. The van der Waals surface area contributed by atoms with E-state index in [1.807, 2.05) is 17.4 Å². The van der Waals surface area contributed by atoms with E-state index in [1.165, 1.54) is 37.0 Å². The Bertz CT molecular complexity index is 330. The lowest BCUT2D eigenvalue weighted by Gasteiger charge is -2.06. The van der Waals surface area contributed by atoms with E-state index in [4.69, 9.17) is 5.73 Å². The highest BCUT2D eigenvalue weighted by Gasteiger charge is 2.15. The molecule has 1 aromatic heterocycles. The number of hydrogen-bond donors (Lipinski definition) is 1. The first kappa shape index (κ1) is 11.9. The molecule has 88 valence electrons. The number of nitrogens with two attached hydrogens (primary N) is 1. The van der Waals surface area contributed by atoms with Gasteiger partial charge < -0.3 is 5.73 Å². The van der Waals surface area contributed by atoms with Crippen LogP contribution in [-0.2, 0) is 12.8 Å². The second-order valence-electron chi connectivity index (χ2n) is 4.63. The highest BCUT2D eigenvalue weighted by molar-refractivity contribution is 7.12. The Morgan fingerprint density at radius 3 is 3.00 bits per heavy atom. The zero-order valence-corrected chi connectivity index (χ0v) is 10.7.